The summed E-state index contributed by atoms with van der Waals surface area (Å²) < 4.78 is 11.2. The van der Waals surface area contributed by atoms with Gasteiger partial charge in [0, 0.05) is 30.8 Å². The Balaban J connectivity index is 1.67. The van der Waals surface area contributed by atoms with E-state index in [-0.39, 0.29) is 11.8 Å². The third-order valence-corrected chi connectivity index (χ3v) is 4.55. The van der Waals surface area contributed by atoms with Gasteiger partial charge in [-0.25, -0.2) is 0 Å². The zero-order valence-corrected chi connectivity index (χ0v) is 16.4. The molecule has 2 aromatic rings. The molecule has 1 fully saturated rings. The Hall–Kier alpha value is -3.02. The predicted octanol–water partition coefficient (Wildman–Crippen LogP) is 3.54. The van der Waals surface area contributed by atoms with Crippen LogP contribution in [0, 0.1) is 0 Å². The van der Waals surface area contributed by atoms with Crippen molar-refractivity contribution in [2.75, 3.05) is 24.7 Å². The number of ether oxygens (including phenoxy) is 2. The molecule has 1 aliphatic rings. The molecule has 0 aromatic heterocycles. The fourth-order valence-corrected chi connectivity index (χ4v) is 3.23. The van der Waals surface area contributed by atoms with Crippen molar-refractivity contribution in [1.82, 2.24) is 5.32 Å². The number of anilines is 1. The third-order valence-electron chi connectivity index (χ3n) is 4.55. The number of benzene rings is 2. The summed E-state index contributed by atoms with van der Waals surface area (Å²) in [6.07, 6.45) is 1.42. The molecule has 28 heavy (non-hydrogen) atoms. The molecule has 0 bridgehead atoms. The van der Waals surface area contributed by atoms with Gasteiger partial charge in [0.25, 0.3) is 5.91 Å². The van der Waals surface area contributed by atoms with E-state index in [0.717, 1.165) is 17.7 Å². The van der Waals surface area contributed by atoms with Crippen LogP contribution in [0.2, 0.25) is 0 Å². The Labute approximate surface area is 165 Å². The van der Waals surface area contributed by atoms with Crippen molar-refractivity contribution >= 4 is 17.5 Å². The molecule has 1 aliphatic heterocycles. The fraction of sp³-hybridized carbons (Fsp3) is 0.364. The quantitative estimate of drug-likeness (QED) is 0.758. The van der Waals surface area contributed by atoms with Crippen LogP contribution >= 0.6 is 0 Å². The molecular formula is C22H26N2O4. The summed E-state index contributed by atoms with van der Waals surface area (Å²) in [6.45, 7) is 6.02. The van der Waals surface area contributed by atoms with Gasteiger partial charge in [0.05, 0.1) is 13.2 Å². The van der Waals surface area contributed by atoms with Gasteiger partial charge in [-0.3, -0.25) is 9.59 Å². The first-order chi connectivity index (χ1) is 13.6. The van der Waals surface area contributed by atoms with Crippen LogP contribution in [0.15, 0.2) is 42.5 Å². The zero-order chi connectivity index (χ0) is 19.9. The molecule has 0 saturated carbocycles. The standard InChI is InChI=1S/C22H26N2O4/c1-3-27-19-11-10-16(13-20(19)28-4-2)15-23-22(26)17-7-5-8-18(14-17)24-12-6-9-21(24)25/h5,7-8,10-11,13-14H,3-4,6,9,12,15H2,1-2H3,(H,23,26). The number of hydrogen-bond donors (Lipinski definition) is 1. The first kappa shape index (κ1) is 19.7. The second-order valence-corrected chi connectivity index (χ2v) is 6.53. The highest BCUT2D eigenvalue weighted by Gasteiger charge is 2.22. The summed E-state index contributed by atoms with van der Waals surface area (Å²) in [5.74, 6) is 1.30. The molecule has 1 N–H and O–H groups in total. The molecule has 3 rings (SSSR count). The van der Waals surface area contributed by atoms with Crippen molar-refractivity contribution in [3.8, 4) is 11.5 Å². The average Bonchev–Trinajstić information content (AvgIpc) is 3.14. The summed E-state index contributed by atoms with van der Waals surface area (Å²) in [4.78, 5) is 26.2. The Kier molecular flexibility index (Phi) is 6.53. The summed E-state index contributed by atoms with van der Waals surface area (Å²) in [5.41, 5.74) is 2.23. The van der Waals surface area contributed by atoms with E-state index in [9.17, 15) is 9.59 Å². The molecule has 6 nitrogen and oxygen atoms in total. The predicted molar refractivity (Wildman–Crippen MR) is 108 cm³/mol. The number of carbonyl (C=O) groups is 2. The molecule has 148 valence electrons. The highest BCUT2D eigenvalue weighted by molar-refractivity contribution is 5.99. The number of nitrogens with zero attached hydrogens (tertiary/aromatic N) is 1. The van der Waals surface area contributed by atoms with Crippen molar-refractivity contribution in [2.24, 2.45) is 0 Å². The van der Waals surface area contributed by atoms with E-state index >= 15 is 0 Å². The smallest absolute Gasteiger partial charge is 0.251 e. The molecule has 0 aliphatic carbocycles. The van der Waals surface area contributed by atoms with Gasteiger partial charge in [-0.2, -0.15) is 0 Å². The Morgan fingerprint density at radius 3 is 2.57 bits per heavy atom. The molecule has 0 spiro atoms. The number of nitrogens with one attached hydrogen (secondary N) is 1. The van der Waals surface area contributed by atoms with Crippen molar-refractivity contribution in [1.29, 1.82) is 0 Å². The van der Waals surface area contributed by atoms with Crippen molar-refractivity contribution in [3.05, 3.63) is 53.6 Å². The minimum absolute atomic E-state index is 0.107. The van der Waals surface area contributed by atoms with Gasteiger partial charge in [-0.05, 0) is 56.2 Å². The first-order valence-electron chi connectivity index (χ1n) is 9.69. The highest BCUT2D eigenvalue weighted by atomic mass is 16.5. The maximum Gasteiger partial charge on any atom is 0.251 e. The minimum Gasteiger partial charge on any atom is -0.490 e. The van der Waals surface area contributed by atoms with E-state index in [1.807, 2.05) is 38.1 Å². The van der Waals surface area contributed by atoms with Gasteiger partial charge < -0.3 is 19.7 Å². The lowest BCUT2D eigenvalue weighted by Gasteiger charge is -2.16. The third kappa shape index (κ3) is 4.63. The van der Waals surface area contributed by atoms with Crippen LogP contribution < -0.4 is 19.7 Å². The van der Waals surface area contributed by atoms with Crippen LogP contribution in [0.4, 0.5) is 5.69 Å². The summed E-state index contributed by atoms with van der Waals surface area (Å²) in [7, 11) is 0. The van der Waals surface area contributed by atoms with E-state index in [1.54, 1.807) is 23.1 Å². The van der Waals surface area contributed by atoms with Crippen LogP contribution in [0.3, 0.4) is 0 Å². The molecule has 2 amide bonds. The van der Waals surface area contributed by atoms with Crippen molar-refractivity contribution in [3.63, 3.8) is 0 Å². The van der Waals surface area contributed by atoms with E-state index in [2.05, 4.69) is 5.32 Å². The SMILES string of the molecule is CCOc1ccc(CNC(=O)c2cccc(N3CCCC3=O)c2)cc1OCC. The van der Waals surface area contributed by atoms with Gasteiger partial charge in [0.1, 0.15) is 0 Å². The lowest BCUT2D eigenvalue weighted by Crippen LogP contribution is -2.25. The van der Waals surface area contributed by atoms with Crippen LogP contribution in [0.1, 0.15) is 42.6 Å². The van der Waals surface area contributed by atoms with Gasteiger partial charge in [0.15, 0.2) is 11.5 Å². The molecule has 2 aromatic carbocycles. The summed E-state index contributed by atoms with van der Waals surface area (Å²) in [6, 6.07) is 12.8. The maximum atomic E-state index is 12.6. The Morgan fingerprint density at radius 1 is 1.07 bits per heavy atom. The maximum absolute atomic E-state index is 12.6. The van der Waals surface area contributed by atoms with E-state index < -0.39 is 0 Å². The van der Waals surface area contributed by atoms with Crippen LogP contribution in [0.5, 0.6) is 11.5 Å². The summed E-state index contributed by atoms with van der Waals surface area (Å²) >= 11 is 0. The lowest BCUT2D eigenvalue weighted by atomic mass is 10.1. The normalized spacial score (nSPS) is 13.5. The van der Waals surface area contributed by atoms with Crippen molar-refractivity contribution in [2.45, 2.75) is 33.2 Å². The molecule has 6 heteroatoms. The van der Waals surface area contributed by atoms with Crippen LogP contribution in [0.25, 0.3) is 0 Å². The number of amides is 2. The molecule has 0 atom stereocenters. The van der Waals surface area contributed by atoms with E-state index in [1.165, 1.54) is 0 Å². The summed E-state index contributed by atoms with van der Waals surface area (Å²) in [5, 5.41) is 2.93. The van der Waals surface area contributed by atoms with Crippen LogP contribution in [-0.2, 0) is 11.3 Å². The molecule has 0 unspecified atom stereocenters. The average molecular weight is 382 g/mol. The topological polar surface area (TPSA) is 67.9 Å². The number of rotatable bonds is 8. The largest absolute Gasteiger partial charge is 0.490 e. The van der Waals surface area contributed by atoms with E-state index in [4.69, 9.17) is 9.47 Å². The molecule has 1 heterocycles. The fourth-order valence-electron chi connectivity index (χ4n) is 3.23. The monoisotopic (exact) mass is 382 g/mol. The number of carbonyl (C=O) groups excluding carboxylic acids is 2. The first-order valence-corrected chi connectivity index (χ1v) is 9.69. The highest BCUT2D eigenvalue weighted by Crippen LogP contribution is 2.28. The van der Waals surface area contributed by atoms with Crippen LogP contribution in [-0.4, -0.2) is 31.6 Å². The van der Waals surface area contributed by atoms with Crippen molar-refractivity contribution < 1.29 is 19.1 Å². The zero-order valence-electron chi connectivity index (χ0n) is 16.4. The number of hydrogen-bond acceptors (Lipinski definition) is 4. The minimum atomic E-state index is -0.180. The second-order valence-electron chi connectivity index (χ2n) is 6.53. The Bertz CT molecular complexity index is 850. The molecular weight excluding hydrogens is 356 g/mol. The molecule has 1 saturated heterocycles. The van der Waals surface area contributed by atoms with Gasteiger partial charge in [-0.15, -0.1) is 0 Å². The lowest BCUT2D eigenvalue weighted by molar-refractivity contribution is -0.117. The molecule has 0 radical (unpaired) electrons. The van der Waals surface area contributed by atoms with Gasteiger partial charge >= 0.3 is 0 Å². The van der Waals surface area contributed by atoms with Gasteiger partial charge in [0.2, 0.25) is 5.91 Å². The Morgan fingerprint density at radius 2 is 1.86 bits per heavy atom. The van der Waals surface area contributed by atoms with E-state index in [0.29, 0.717) is 49.8 Å². The van der Waals surface area contributed by atoms with Gasteiger partial charge in [-0.1, -0.05) is 12.1 Å². The second kappa shape index (κ2) is 9.26.